The maximum atomic E-state index is 12.3. The van der Waals surface area contributed by atoms with Crippen LogP contribution >= 0.6 is 0 Å². The van der Waals surface area contributed by atoms with E-state index in [0.29, 0.717) is 5.76 Å². The second kappa shape index (κ2) is 6.44. The van der Waals surface area contributed by atoms with Crippen molar-refractivity contribution < 1.29 is 19.1 Å². The van der Waals surface area contributed by atoms with Crippen molar-refractivity contribution in [2.24, 2.45) is 0 Å². The molecule has 2 heterocycles. The lowest BCUT2D eigenvalue weighted by molar-refractivity contribution is -0.0356. The minimum Gasteiger partial charge on any atom is -0.487 e. The van der Waals surface area contributed by atoms with E-state index in [4.69, 9.17) is 9.15 Å². The van der Waals surface area contributed by atoms with Gasteiger partial charge in [0.15, 0.2) is 0 Å². The molecule has 6 heteroatoms. The van der Waals surface area contributed by atoms with E-state index in [1.165, 1.54) is 6.26 Å². The van der Waals surface area contributed by atoms with Crippen LogP contribution in [0, 0.1) is 0 Å². The summed E-state index contributed by atoms with van der Waals surface area (Å²) in [5, 5.41) is 15.7. The van der Waals surface area contributed by atoms with Gasteiger partial charge in [0.2, 0.25) is 0 Å². The maximum Gasteiger partial charge on any atom is 0.315 e. The highest BCUT2D eigenvalue weighted by molar-refractivity contribution is 5.74. The van der Waals surface area contributed by atoms with Gasteiger partial charge in [-0.2, -0.15) is 0 Å². The van der Waals surface area contributed by atoms with Crippen LogP contribution in [0.15, 0.2) is 47.1 Å². The number of urea groups is 1. The number of rotatable bonds is 4. The van der Waals surface area contributed by atoms with Crippen molar-refractivity contribution in [1.29, 1.82) is 0 Å². The predicted octanol–water partition coefficient (Wildman–Crippen LogP) is 3.06. The Morgan fingerprint density at radius 3 is 2.84 bits per heavy atom. The molecular formula is C19H22N2O4. The summed E-state index contributed by atoms with van der Waals surface area (Å²) in [4.78, 5) is 12.3. The molecule has 132 valence electrons. The zero-order valence-electron chi connectivity index (χ0n) is 13.9. The first kappa shape index (κ1) is 16.0. The highest BCUT2D eigenvalue weighted by Crippen LogP contribution is 2.48. The Morgan fingerprint density at radius 2 is 2.12 bits per heavy atom. The second-order valence-corrected chi connectivity index (χ2v) is 6.82. The molecule has 4 rings (SSSR count). The average Bonchev–Trinajstić information content (AvgIpc) is 3.13. The monoisotopic (exact) mass is 342 g/mol. The summed E-state index contributed by atoms with van der Waals surface area (Å²) < 4.78 is 11.3. The van der Waals surface area contributed by atoms with Gasteiger partial charge >= 0.3 is 6.03 Å². The van der Waals surface area contributed by atoms with E-state index in [0.717, 1.165) is 37.0 Å². The third-order valence-corrected chi connectivity index (χ3v) is 5.09. The fraction of sp³-hybridized carbons (Fsp3) is 0.421. The number of hydrogen-bond acceptors (Lipinski definition) is 4. The van der Waals surface area contributed by atoms with Crippen molar-refractivity contribution in [3.8, 4) is 5.75 Å². The van der Waals surface area contributed by atoms with E-state index in [2.05, 4.69) is 10.6 Å². The van der Waals surface area contributed by atoms with Gasteiger partial charge in [0.1, 0.15) is 23.2 Å². The summed E-state index contributed by atoms with van der Waals surface area (Å²) in [7, 11) is 0. The van der Waals surface area contributed by atoms with Crippen molar-refractivity contribution >= 4 is 6.03 Å². The van der Waals surface area contributed by atoms with Crippen molar-refractivity contribution in [2.75, 3.05) is 6.54 Å². The molecule has 0 bridgehead atoms. The molecule has 0 saturated heterocycles. The standard InChI is InChI=1S/C19H22N2O4/c22-15(17-7-3-10-24-17)12-20-18(23)21-14-11-19(8-4-9-19)25-16-6-2-1-5-13(14)16/h1-3,5-7,10,14-15,22H,4,8-9,11-12H2,(H2,20,21,23). The van der Waals surface area contributed by atoms with Gasteiger partial charge in [-0.3, -0.25) is 0 Å². The van der Waals surface area contributed by atoms with Crippen LogP contribution in [-0.4, -0.2) is 23.3 Å². The number of hydrogen-bond donors (Lipinski definition) is 3. The van der Waals surface area contributed by atoms with Crippen LogP contribution in [0.4, 0.5) is 4.79 Å². The van der Waals surface area contributed by atoms with Crippen LogP contribution in [0.1, 0.15) is 49.2 Å². The summed E-state index contributed by atoms with van der Waals surface area (Å²) in [6, 6.07) is 10.8. The highest BCUT2D eigenvalue weighted by atomic mass is 16.5. The van der Waals surface area contributed by atoms with Crippen molar-refractivity contribution in [3.63, 3.8) is 0 Å². The highest BCUT2D eigenvalue weighted by Gasteiger charge is 2.45. The minimum atomic E-state index is -0.860. The number of furan rings is 1. The van der Waals surface area contributed by atoms with Gasteiger partial charge in [0.05, 0.1) is 18.8 Å². The minimum absolute atomic E-state index is 0.0917. The molecular weight excluding hydrogens is 320 g/mol. The van der Waals surface area contributed by atoms with Gasteiger partial charge in [-0.05, 0) is 37.5 Å². The Morgan fingerprint density at radius 1 is 1.28 bits per heavy atom. The van der Waals surface area contributed by atoms with Gasteiger partial charge in [0, 0.05) is 12.0 Å². The number of benzene rings is 1. The van der Waals surface area contributed by atoms with Crippen LogP contribution in [-0.2, 0) is 0 Å². The number of carbonyl (C=O) groups excluding carboxylic acids is 1. The Labute approximate surface area is 146 Å². The zero-order chi connectivity index (χ0) is 17.3. The van der Waals surface area contributed by atoms with E-state index in [9.17, 15) is 9.90 Å². The Bertz CT molecular complexity index is 740. The lowest BCUT2D eigenvalue weighted by atomic mass is 9.73. The SMILES string of the molecule is O=C(NCC(O)c1ccco1)NC1CC2(CCC2)Oc2ccccc21. The number of carbonyl (C=O) groups is 1. The van der Waals surface area contributed by atoms with Crippen molar-refractivity contribution in [1.82, 2.24) is 10.6 Å². The van der Waals surface area contributed by atoms with Crippen LogP contribution in [0.3, 0.4) is 0 Å². The fourth-order valence-corrected chi connectivity index (χ4v) is 3.60. The number of amides is 2. The smallest absolute Gasteiger partial charge is 0.315 e. The number of fused-ring (bicyclic) bond motifs is 1. The van der Waals surface area contributed by atoms with Crippen LogP contribution in [0.5, 0.6) is 5.75 Å². The molecule has 0 radical (unpaired) electrons. The number of aliphatic hydroxyl groups is 1. The molecule has 2 unspecified atom stereocenters. The molecule has 1 aliphatic heterocycles. The average molecular weight is 342 g/mol. The summed E-state index contributed by atoms with van der Waals surface area (Å²) in [5.74, 6) is 1.29. The van der Waals surface area contributed by atoms with E-state index in [1.54, 1.807) is 12.1 Å². The summed E-state index contributed by atoms with van der Waals surface area (Å²) in [5.41, 5.74) is 0.863. The van der Waals surface area contributed by atoms with E-state index < -0.39 is 6.10 Å². The van der Waals surface area contributed by atoms with Crippen molar-refractivity contribution in [3.05, 3.63) is 54.0 Å². The lowest BCUT2D eigenvalue weighted by Crippen LogP contribution is -2.51. The topological polar surface area (TPSA) is 83.7 Å². The molecule has 2 amide bonds. The summed E-state index contributed by atoms with van der Waals surface area (Å²) >= 11 is 0. The van der Waals surface area contributed by atoms with Crippen LogP contribution in [0.2, 0.25) is 0 Å². The second-order valence-electron chi connectivity index (χ2n) is 6.82. The van der Waals surface area contributed by atoms with Crippen molar-refractivity contribution in [2.45, 2.75) is 43.4 Å². The molecule has 6 nitrogen and oxygen atoms in total. The first-order chi connectivity index (χ1) is 12.2. The van der Waals surface area contributed by atoms with E-state index >= 15 is 0 Å². The van der Waals surface area contributed by atoms with Gasteiger partial charge in [-0.1, -0.05) is 18.2 Å². The maximum absolute atomic E-state index is 12.3. The number of ether oxygens (including phenoxy) is 1. The third kappa shape index (κ3) is 3.22. The van der Waals surface area contributed by atoms with E-state index in [1.807, 2.05) is 24.3 Å². The normalized spacial score (nSPS) is 21.6. The van der Waals surface area contributed by atoms with E-state index in [-0.39, 0.29) is 24.2 Å². The number of para-hydroxylation sites is 1. The Hall–Kier alpha value is -2.47. The quantitative estimate of drug-likeness (QED) is 0.797. The molecule has 2 aliphatic rings. The molecule has 3 N–H and O–H groups in total. The first-order valence-corrected chi connectivity index (χ1v) is 8.69. The molecule has 2 atom stereocenters. The predicted molar refractivity (Wildman–Crippen MR) is 91.2 cm³/mol. The molecule has 1 spiro atoms. The fourth-order valence-electron chi connectivity index (χ4n) is 3.60. The molecule has 25 heavy (non-hydrogen) atoms. The number of aliphatic hydroxyl groups excluding tert-OH is 1. The Balaban J connectivity index is 1.40. The summed E-state index contributed by atoms with van der Waals surface area (Å²) in [6.45, 7) is 0.0926. The van der Waals surface area contributed by atoms with Gasteiger partial charge in [-0.25, -0.2) is 4.79 Å². The van der Waals surface area contributed by atoms with Crippen LogP contribution < -0.4 is 15.4 Å². The largest absolute Gasteiger partial charge is 0.487 e. The zero-order valence-corrected chi connectivity index (χ0v) is 13.9. The Kier molecular flexibility index (Phi) is 4.13. The summed E-state index contributed by atoms with van der Waals surface area (Å²) in [6.07, 6.45) is 4.63. The lowest BCUT2D eigenvalue weighted by Gasteiger charge is -2.48. The number of nitrogens with one attached hydrogen (secondary N) is 2. The molecule has 1 aromatic heterocycles. The van der Waals surface area contributed by atoms with Crippen LogP contribution in [0.25, 0.3) is 0 Å². The third-order valence-electron chi connectivity index (χ3n) is 5.09. The van der Waals surface area contributed by atoms with Gasteiger partial charge in [-0.15, -0.1) is 0 Å². The molecule has 1 aromatic carbocycles. The first-order valence-electron chi connectivity index (χ1n) is 8.69. The molecule has 1 saturated carbocycles. The van der Waals surface area contributed by atoms with Gasteiger partial charge < -0.3 is 24.9 Å². The van der Waals surface area contributed by atoms with Gasteiger partial charge in [0.25, 0.3) is 0 Å². The molecule has 1 fully saturated rings. The molecule has 2 aromatic rings. The molecule has 1 aliphatic carbocycles.